The van der Waals surface area contributed by atoms with Crippen molar-refractivity contribution in [1.82, 2.24) is 24.0 Å². The molecule has 0 spiro atoms. The number of ether oxygens (including phenoxy) is 2. The zero-order valence-corrected chi connectivity index (χ0v) is 18.5. The zero-order valence-electron chi connectivity index (χ0n) is 18.5. The maximum absolute atomic E-state index is 15.6. The summed E-state index contributed by atoms with van der Waals surface area (Å²) in [6, 6.07) is 5.08. The molecular formula is C23H23FN6O3. The molecule has 0 radical (unpaired) electrons. The van der Waals surface area contributed by atoms with Crippen LogP contribution in [0.25, 0.3) is 11.3 Å². The molecule has 33 heavy (non-hydrogen) atoms. The molecule has 3 aliphatic rings. The lowest BCUT2D eigenvalue weighted by Crippen LogP contribution is -2.45. The predicted octanol–water partition coefficient (Wildman–Crippen LogP) is 3.38. The topological polar surface area (TPSA) is 95.0 Å². The molecule has 2 bridgehead atoms. The Kier molecular flexibility index (Phi) is 4.10. The van der Waals surface area contributed by atoms with Gasteiger partial charge in [-0.15, -0.1) is 0 Å². The third-order valence-corrected chi connectivity index (χ3v) is 6.44. The number of anilines is 1. The average molecular weight is 450 g/mol. The van der Waals surface area contributed by atoms with Crippen LogP contribution >= 0.6 is 0 Å². The first-order valence-corrected chi connectivity index (χ1v) is 10.9. The Morgan fingerprint density at radius 3 is 2.85 bits per heavy atom. The van der Waals surface area contributed by atoms with Crippen molar-refractivity contribution in [1.29, 1.82) is 0 Å². The summed E-state index contributed by atoms with van der Waals surface area (Å²) in [5.74, 6) is -1.13. The summed E-state index contributed by atoms with van der Waals surface area (Å²) in [7, 11) is 0. The number of aromatic nitrogens is 5. The van der Waals surface area contributed by atoms with Crippen LogP contribution in [0.3, 0.4) is 0 Å². The standard InChI is InChI=1S/C23H23FN6O3/c1-13(2)33-19-14(27-21(31)15-5-4-6-17-25-12-26-30(15)17)7-29-8-16(28-20(29)18(19)24)23-9-22(3,10-23)32-11-23/h4-8,12-13H,9-11H2,1-3H3,(H,27,31). The second kappa shape index (κ2) is 6.74. The molecule has 170 valence electrons. The van der Waals surface area contributed by atoms with Gasteiger partial charge < -0.3 is 19.2 Å². The molecule has 1 N–H and O–H groups in total. The highest BCUT2D eigenvalue weighted by Crippen LogP contribution is 2.58. The molecule has 6 heterocycles. The number of halogens is 1. The van der Waals surface area contributed by atoms with Crippen molar-refractivity contribution < 1.29 is 18.7 Å². The third-order valence-electron chi connectivity index (χ3n) is 6.44. The fourth-order valence-electron chi connectivity index (χ4n) is 5.12. The van der Waals surface area contributed by atoms with Crippen LogP contribution in [0.4, 0.5) is 10.1 Å². The smallest absolute Gasteiger partial charge is 0.274 e. The van der Waals surface area contributed by atoms with Gasteiger partial charge in [-0.3, -0.25) is 4.79 Å². The van der Waals surface area contributed by atoms with Crippen LogP contribution in [0.2, 0.25) is 0 Å². The normalized spacial score (nSPS) is 23.9. The van der Waals surface area contributed by atoms with Crippen LogP contribution < -0.4 is 10.1 Å². The van der Waals surface area contributed by atoms with Crippen molar-refractivity contribution in [3.63, 3.8) is 0 Å². The van der Waals surface area contributed by atoms with E-state index in [1.165, 1.54) is 10.8 Å². The number of fused-ring (bicyclic) bond motifs is 3. The van der Waals surface area contributed by atoms with Gasteiger partial charge in [0.25, 0.3) is 5.91 Å². The van der Waals surface area contributed by atoms with E-state index in [1.807, 2.05) is 6.20 Å². The number of carbonyl (C=O) groups excluding carboxylic acids is 1. The summed E-state index contributed by atoms with van der Waals surface area (Å²) < 4.78 is 30.3. The van der Waals surface area contributed by atoms with E-state index in [0.717, 1.165) is 18.5 Å². The predicted molar refractivity (Wildman–Crippen MR) is 117 cm³/mol. The quantitative estimate of drug-likeness (QED) is 0.501. The highest BCUT2D eigenvalue weighted by atomic mass is 19.1. The highest BCUT2D eigenvalue weighted by molar-refractivity contribution is 6.04. The fraction of sp³-hybridized carbons (Fsp3) is 0.391. The van der Waals surface area contributed by atoms with Crippen molar-refractivity contribution in [2.24, 2.45) is 0 Å². The first-order chi connectivity index (χ1) is 15.8. The molecule has 9 nitrogen and oxygen atoms in total. The Bertz CT molecular complexity index is 1420. The lowest BCUT2D eigenvalue weighted by molar-refractivity contribution is 0.0154. The van der Waals surface area contributed by atoms with Crippen LogP contribution in [-0.4, -0.2) is 48.2 Å². The molecule has 0 unspecified atom stereocenters. The Morgan fingerprint density at radius 1 is 1.30 bits per heavy atom. The molecule has 4 aromatic heterocycles. The second-order valence-corrected chi connectivity index (χ2v) is 9.48. The number of imidazole rings is 1. The Morgan fingerprint density at radius 2 is 2.12 bits per heavy atom. The van der Waals surface area contributed by atoms with Crippen LogP contribution in [0, 0.1) is 5.82 Å². The summed E-state index contributed by atoms with van der Waals surface area (Å²) >= 11 is 0. The van der Waals surface area contributed by atoms with Gasteiger partial charge in [0, 0.05) is 17.8 Å². The lowest BCUT2D eigenvalue weighted by Gasteiger charge is -2.41. The third kappa shape index (κ3) is 3.01. The van der Waals surface area contributed by atoms with Crippen LogP contribution in [0.15, 0.2) is 36.9 Å². The largest absolute Gasteiger partial charge is 0.486 e. The van der Waals surface area contributed by atoms with Gasteiger partial charge in [-0.25, -0.2) is 14.5 Å². The van der Waals surface area contributed by atoms with Gasteiger partial charge in [0.1, 0.15) is 17.7 Å². The minimum Gasteiger partial charge on any atom is -0.486 e. The number of pyridine rings is 2. The summed E-state index contributed by atoms with van der Waals surface area (Å²) in [4.78, 5) is 21.8. The molecule has 1 aliphatic carbocycles. The summed E-state index contributed by atoms with van der Waals surface area (Å²) in [6.45, 7) is 6.27. The molecule has 10 heteroatoms. The van der Waals surface area contributed by atoms with E-state index in [4.69, 9.17) is 9.47 Å². The summed E-state index contributed by atoms with van der Waals surface area (Å²) in [5.41, 5.74) is 1.67. The first-order valence-electron chi connectivity index (χ1n) is 10.9. The molecule has 2 saturated heterocycles. The van der Waals surface area contributed by atoms with E-state index in [-0.39, 0.29) is 39.9 Å². The van der Waals surface area contributed by atoms with E-state index in [9.17, 15) is 4.79 Å². The maximum atomic E-state index is 15.6. The average Bonchev–Trinajstić information content (AvgIpc) is 3.51. The van der Waals surface area contributed by atoms with Gasteiger partial charge in [0.15, 0.2) is 17.0 Å². The van der Waals surface area contributed by atoms with Crippen molar-refractivity contribution >= 4 is 22.9 Å². The van der Waals surface area contributed by atoms with Gasteiger partial charge in [0.05, 0.1) is 24.0 Å². The summed E-state index contributed by atoms with van der Waals surface area (Å²) in [5, 5.41) is 6.88. The molecule has 4 aromatic rings. The van der Waals surface area contributed by atoms with Crippen LogP contribution in [-0.2, 0) is 10.2 Å². The van der Waals surface area contributed by atoms with Crippen molar-refractivity contribution in [2.45, 2.75) is 50.7 Å². The molecule has 1 saturated carbocycles. The SMILES string of the molecule is CC(C)Oc1c(NC(=O)c2cccc3ncnn23)cn2cc(C34COC(C)(C3)C4)nc2c1F. The van der Waals surface area contributed by atoms with E-state index in [0.29, 0.717) is 12.3 Å². The molecule has 7 rings (SSSR count). The van der Waals surface area contributed by atoms with Gasteiger partial charge in [-0.05, 0) is 45.7 Å². The number of hydrogen-bond acceptors (Lipinski definition) is 6. The Labute approximate surface area is 188 Å². The lowest BCUT2D eigenvalue weighted by atomic mass is 9.62. The van der Waals surface area contributed by atoms with Crippen molar-refractivity contribution in [3.8, 4) is 5.75 Å². The fourth-order valence-corrected chi connectivity index (χ4v) is 5.12. The minimum atomic E-state index is -0.621. The Hall–Kier alpha value is -3.53. The molecule has 0 aromatic carbocycles. The molecule has 3 fully saturated rings. The molecule has 1 amide bonds. The second-order valence-electron chi connectivity index (χ2n) is 9.48. The van der Waals surface area contributed by atoms with Gasteiger partial charge >= 0.3 is 0 Å². The van der Waals surface area contributed by atoms with Gasteiger partial charge in [0.2, 0.25) is 5.82 Å². The van der Waals surface area contributed by atoms with Gasteiger partial charge in [-0.2, -0.15) is 9.49 Å². The minimum absolute atomic E-state index is 0.0487. The Balaban J connectivity index is 1.42. The highest BCUT2D eigenvalue weighted by Gasteiger charge is 2.61. The van der Waals surface area contributed by atoms with Crippen LogP contribution in [0.1, 0.15) is 49.8 Å². The van der Waals surface area contributed by atoms with Crippen molar-refractivity contribution in [2.75, 3.05) is 11.9 Å². The van der Waals surface area contributed by atoms with Crippen LogP contribution in [0.5, 0.6) is 5.75 Å². The number of amides is 1. The summed E-state index contributed by atoms with van der Waals surface area (Å²) in [6.07, 6.45) is 6.25. The van der Waals surface area contributed by atoms with E-state index in [1.54, 1.807) is 42.6 Å². The number of carbonyl (C=O) groups is 1. The zero-order chi connectivity index (χ0) is 23.0. The van der Waals surface area contributed by atoms with E-state index >= 15 is 4.39 Å². The molecule has 2 aliphatic heterocycles. The number of rotatable bonds is 5. The number of nitrogens with zero attached hydrogens (tertiary/aromatic N) is 5. The number of hydrogen-bond donors (Lipinski definition) is 1. The molecular weight excluding hydrogens is 427 g/mol. The van der Waals surface area contributed by atoms with Gasteiger partial charge in [-0.1, -0.05) is 6.07 Å². The van der Waals surface area contributed by atoms with E-state index in [2.05, 4.69) is 27.3 Å². The maximum Gasteiger partial charge on any atom is 0.274 e. The first kappa shape index (κ1) is 20.1. The number of nitrogens with one attached hydrogen (secondary N) is 1. The molecule has 0 atom stereocenters. The van der Waals surface area contributed by atoms with E-state index < -0.39 is 11.7 Å². The van der Waals surface area contributed by atoms with Crippen molar-refractivity contribution in [3.05, 3.63) is 54.1 Å². The monoisotopic (exact) mass is 450 g/mol.